The Hall–Kier alpha value is -1.81. The van der Waals surface area contributed by atoms with Crippen LogP contribution in [0, 0.1) is 0 Å². The third-order valence-electron chi connectivity index (χ3n) is 3.95. The summed E-state index contributed by atoms with van der Waals surface area (Å²) in [4.78, 5) is 0. The van der Waals surface area contributed by atoms with E-state index < -0.39 is 10.0 Å². The van der Waals surface area contributed by atoms with Gasteiger partial charge in [0.05, 0.1) is 11.4 Å². The predicted octanol–water partition coefficient (Wildman–Crippen LogP) is 3.36. The zero-order chi connectivity index (χ0) is 14.9. The molecule has 0 aliphatic carbocycles. The van der Waals surface area contributed by atoms with Gasteiger partial charge in [0.1, 0.15) is 0 Å². The first-order valence-electron chi connectivity index (χ1n) is 7.22. The molecule has 0 bridgehead atoms. The van der Waals surface area contributed by atoms with E-state index in [2.05, 4.69) is 0 Å². The van der Waals surface area contributed by atoms with Crippen LogP contribution in [0.3, 0.4) is 0 Å². The van der Waals surface area contributed by atoms with Crippen molar-refractivity contribution in [1.82, 2.24) is 0 Å². The van der Waals surface area contributed by atoms with Gasteiger partial charge in [-0.1, -0.05) is 48.5 Å². The predicted molar refractivity (Wildman–Crippen MR) is 85.8 cm³/mol. The number of nitrogens with zero attached hydrogens (tertiary/aromatic N) is 1. The number of fused-ring (bicyclic) bond motifs is 1. The van der Waals surface area contributed by atoms with Crippen LogP contribution in [0.5, 0.6) is 0 Å². The molecule has 1 unspecified atom stereocenters. The lowest BCUT2D eigenvalue weighted by Crippen LogP contribution is -2.42. The third kappa shape index (κ3) is 2.81. The zero-order valence-electron chi connectivity index (χ0n) is 12.1. The first kappa shape index (κ1) is 14.1. The minimum atomic E-state index is -3.37. The number of hydrogen-bond donors (Lipinski definition) is 0. The Morgan fingerprint density at radius 3 is 2.48 bits per heavy atom. The number of rotatable bonds is 3. The quantitative estimate of drug-likeness (QED) is 0.872. The monoisotopic (exact) mass is 301 g/mol. The topological polar surface area (TPSA) is 37.4 Å². The van der Waals surface area contributed by atoms with E-state index in [0.717, 1.165) is 29.7 Å². The van der Waals surface area contributed by atoms with Crippen molar-refractivity contribution in [3.05, 3.63) is 65.7 Å². The van der Waals surface area contributed by atoms with Gasteiger partial charge in [-0.15, -0.1) is 0 Å². The fourth-order valence-corrected chi connectivity index (χ4v) is 4.82. The summed E-state index contributed by atoms with van der Waals surface area (Å²) < 4.78 is 27.3. The van der Waals surface area contributed by atoms with Crippen LogP contribution in [0.15, 0.2) is 54.6 Å². The Labute approximate surface area is 126 Å². The molecule has 2 aromatic rings. The molecular weight excluding hydrogens is 282 g/mol. The number of aryl methyl sites for hydroxylation is 1. The highest BCUT2D eigenvalue weighted by Crippen LogP contribution is 2.33. The molecule has 0 radical (unpaired) electrons. The van der Waals surface area contributed by atoms with E-state index in [1.54, 1.807) is 4.31 Å². The van der Waals surface area contributed by atoms with Gasteiger partial charge >= 0.3 is 0 Å². The molecular formula is C17H19NO2S. The van der Waals surface area contributed by atoms with Crippen molar-refractivity contribution in [1.29, 1.82) is 0 Å². The van der Waals surface area contributed by atoms with Crippen LogP contribution in [0.4, 0.5) is 5.69 Å². The molecule has 2 aromatic carbocycles. The molecule has 0 amide bonds. The number of hydrogen-bond acceptors (Lipinski definition) is 2. The number of benzene rings is 2. The Bertz CT molecular complexity index is 725. The fraction of sp³-hybridized carbons (Fsp3) is 0.294. The van der Waals surface area contributed by atoms with Crippen molar-refractivity contribution in [2.45, 2.75) is 31.6 Å². The maximum atomic E-state index is 12.9. The molecule has 21 heavy (non-hydrogen) atoms. The Morgan fingerprint density at radius 1 is 1.05 bits per heavy atom. The molecule has 0 saturated carbocycles. The highest BCUT2D eigenvalue weighted by Gasteiger charge is 2.32. The number of para-hydroxylation sites is 1. The van der Waals surface area contributed by atoms with Crippen LogP contribution in [0.25, 0.3) is 0 Å². The largest absolute Gasteiger partial charge is 0.267 e. The van der Waals surface area contributed by atoms with Crippen LogP contribution in [-0.2, 0) is 22.2 Å². The average Bonchev–Trinajstić information content (AvgIpc) is 2.47. The molecule has 0 aromatic heterocycles. The van der Waals surface area contributed by atoms with Gasteiger partial charge in [-0.05, 0) is 37.0 Å². The Kier molecular flexibility index (Phi) is 3.72. The van der Waals surface area contributed by atoms with Gasteiger partial charge in [-0.25, -0.2) is 8.42 Å². The summed E-state index contributed by atoms with van der Waals surface area (Å²) >= 11 is 0. The highest BCUT2D eigenvalue weighted by atomic mass is 32.2. The van der Waals surface area contributed by atoms with E-state index in [4.69, 9.17) is 0 Å². The summed E-state index contributed by atoms with van der Waals surface area (Å²) in [5.41, 5.74) is 2.78. The standard InChI is InChI=1S/C17H19NO2S/c1-14-11-12-16-9-5-6-10-17(16)18(14)21(19,20)13-15-7-3-2-4-8-15/h2-10,14H,11-13H2,1H3. The van der Waals surface area contributed by atoms with Crippen molar-refractivity contribution >= 4 is 15.7 Å². The van der Waals surface area contributed by atoms with Crippen molar-refractivity contribution in [3.63, 3.8) is 0 Å². The van der Waals surface area contributed by atoms with Crippen molar-refractivity contribution in [2.75, 3.05) is 4.31 Å². The second kappa shape index (κ2) is 5.53. The lowest BCUT2D eigenvalue weighted by Gasteiger charge is -2.36. The lowest BCUT2D eigenvalue weighted by molar-refractivity contribution is 0.562. The average molecular weight is 301 g/mol. The molecule has 4 heteroatoms. The Morgan fingerprint density at radius 2 is 1.71 bits per heavy atom. The van der Waals surface area contributed by atoms with Gasteiger partial charge in [0.15, 0.2) is 0 Å². The van der Waals surface area contributed by atoms with Gasteiger partial charge in [0.2, 0.25) is 10.0 Å². The molecule has 3 rings (SSSR count). The summed E-state index contributed by atoms with van der Waals surface area (Å²) in [6.45, 7) is 1.98. The molecule has 3 nitrogen and oxygen atoms in total. The zero-order valence-corrected chi connectivity index (χ0v) is 12.9. The maximum absolute atomic E-state index is 12.9. The molecule has 1 aliphatic rings. The summed E-state index contributed by atoms with van der Waals surface area (Å²) in [5.74, 6) is 0.0481. The van der Waals surface area contributed by atoms with Crippen LogP contribution in [0.1, 0.15) is 24.5 Å². The molecule has 1 aliphatic heterocycles. The highest BCUT2D eigenvalue weighted by molar-refractivity contribution is 7.92. The summed E-state index contributed by atoms with van der Waals surface area (Å²) in [7, 11) is -3.37. The van der Waals surface area contributed by atoms with Crippen LogP contribution in [0.2, 0.25) is 0 Å². The van der Waals surface area contributed by atoms with Gasteiger partial charge in [-0.3, -0.25) is 4.31 Å². The molecule has 1 heterocycles. The van der Waals surface area contributed by atoms with Crippen molar-refractivity contribution < 1.29 is 8.42 Å². The molecule has 0 spiro atoms. The van der Waals surface area contributed by atoms with Crippen molar-refractivity contribution in [3.8, 4) is 0 Å². The Balaban J connectivity index is 1.98. The molecule has 0 fully saturated rings. The van der Waals surface area contributed by atoms with Gasteiger partial charge in [-0.2, -0.15) is 0 Å². The van der Waals surface area contributed by atoms with E-state index >= 15 is 0 Å². The second-order valence-electron chi connectivity index (χ2n) is 5.55. The first-order valence-corrected chi connectivity index (χ1v) is 8.83. The first-order chi connectivity index (χ1) is 10.1. The van der Waals surface area contributed by atoms with E-state index in [-0.39, 0.29) is 11.8 Å². The van der Waals surface area contributed by atoms with Crippen LogP contribution in [-0.4, -0.2) is 14.5 Å². The lowest BCUT2D eigenvalue weighted by atomic mass is 9.99. The molecule has 110 valence electrons. The van der Waals surface area contributed by atoms with Crippen LogP contribution < -0.4 is 4.31 Å². The van der Waals surface area contributed by atoms with E-state index in [0.29, 0.717) is 0 Å². The van der Waals surface area contributed by atoms with Crippen molar-refractivity contribution in [2.24, 2.45) is 0 Å². The van der Waals surface area contributed by atoms with Gasteiger partial charge < -0.3 is 0 Å². The third-order valence-corrected chi connectivity index (χ3v) is 5.81. The minimum absolute atomic E-state index is 0.00797. The summed E-state index contributed by atoms with van der Waals surface area (Å²) in [6.07, 6.45) is 1.81. The van der Waals surface area contributed by atoms with E-state index in [1.165, 1.54) is 0 Å². The van der Waals surface area contributed by atoms with Crippen LogP contribution >= 0.6 is 0 Å². The summed E-state index contributed by atoms with van der Waals surface area (Å²) in [6, 6.07) is 17.2. The SMILES string of the molecule is CC1CCc2ccccc2N1S(=O)(=O)Cc1ccccc1. The van der Waals surface area contributed by atoms with E-state index in [9.17, 15) is 8.42 Å². The minimum Gasteiger partial charge on any atom is -0.267 e. The smallest absolute Gasteiger partial charge is 0.239 e. The molecule has 1 atom stereocenters. The second-order valence-corrected chi connectivity index (χ2v) is 7.40. The van der Waals surface area contributed by atoms with E-state index in [1.807, 2.05) is 61.5 Å². The molecule has 0 saturated heterocycles. The van der Waals surface area contributed by atoms with Gasteiger partial charge in [0.25, 0.3) is 0 Å². The maximum Gasteiger partial charge on any atom is 0.239 e. The fourth-order valence-electron chi connectivity index (χ4n) is 2.93. The normalized spacial score (nSPS) is 18.3. The number of anilines is 1. The molecule has 0 N–H and O–H groups in total. The number of sulfonamides is 1. The summed E-state index contributed by atoms with van der Waals surface area (Å²) in [5, 5.41) is 0. The van der Waals surface area contributed by atoms with Gasteiger partial charge in [0, 0.05) is 6.04 Å².